The third kappa shape index (κ3) is 5.71. The van der Waals surface area contributed by atoms with Crippen molar-refractivity contribution in [3.05, 3.63) is 70.7 Å². The van der Waals surface area contributed by atoms with Crippen LogP contribution in [-0.2, 0) is 0 Å². The SMILES string of the molecule is CCOc1ccc(NC(=O)c2ccc(Cl)c(NC(=O)c3cc(OC)c(OC)c(OC)c3)c2)cc1. The highest BCUT2D eigenvalue weighted by Crippen LogP contribution is 2.38. The van der Waals surface area contributed by atoms with E-state index in [-0.39, 0.29) is 22.2 Å². The first-order valence-electron chi connectivity index (χ1n) is 10.3. The fraction of sp³-hybridized carbons (Fsp3) is 0.200. The predicted octanol–water partition coefficient (Wildman–Crippen LogP) is 5.27. The van der Waals surface area contributed by atoms with Crippen LogP contribution >= 0.6 is 11.6 Å². The molecule has 0 fully saturated rings. The minimum atomic E-state index is -0.467. The molecule has 0 spiro atoms. The average molecular weight is 485 g/mol. The molecule has 34 heavy (non-hydrogen) atoms. The van der Waals surface area contributed by atoms with Gasteiger partial charge in [0.1, 0.15) is 5.75 Å². The van der Waals surface area contributed by atoms with Gasteiger partial charge in [0.25, 0.3) is 11.8 Å². The molecule has 0 saturated carbocycles. The van der Waals surface area contributed by atoms with E-state index in [1.807, 2.05) is 6.92 Å². The summed E-state index contributed by atoms with van der Waals surface area (Å²) in [5, 5.41) is 5.81. The van der Waals surface area contributed by atoms with Gasteiger partial charge in [-0.2, -0.15) is 0 Å². The lowest BCUT2D eigenvalue weighted by molar-refractivity contribution is 0.101. The Labute approximate surface area is 202 Å². The molecule has 0 heterocycles. The molecule has 3 rings (SSSR count). The smallest absolute Gasteiger partial charge is 0.255 e. The van der Waals surface area contributed by atoms with Gasteiger partial charge >= 0.3 is 0 Å². The molecule has 0 radical (unpaired) electrons. The molecule has 0 aliphatic heterocycles. The van der Waals surface area contributed by atoms with Gasteiger partial charge in [0.05, 0.1) is 38.6 Å². The number of benzene rings is 3. The minimum Gasteiger partial charge on any atom is -0.494 e. The van der Waals surface area contributed by atoms with Gasteiger partial charge in [0, 0.05) is 16.8 Å². The molecule has 0 saturated heterocycles. The number of anilines is 2. The molecule has 0 bridgehead atoms. The summed E-state index contributed by atoms with van der Waals surface area (Å²) in [6.07, 6.45) is 0. The monoisotopic (exact) mass is 484 g/mol. The number of halogens is 1. The van der Waals surface area contributed by atoms with Crippen LogP contribution in [-0.4, -0.2) is 39.8 Å². The topological polar surface area (TPSA) is 95.1 Å². The highest BCUT2D eigenvalue weighted by atomic mass is 35.5. The van der Waals surface area contributed by atoms with Gasteiger partial charge in [0.15, 0.2) is 11.5 Å². The first-order chi connectivity index (χ1) is 16.4. The maximum atomic E-state index is 12.9. The molecule has 8 nitrogen and oxygen atoms in total. The summed E-state index contributed by atoms with van der Waals surface area (Å²) in [4.78, 5) is 25.7. The van der Waals surface area contributed by atoms with Crippen LogP contribution in [0.1, 0.15) is 27.6 Å². The van der Waals surface area contributed by atoms with Crippen molar-refractivity contribution in [2.75, 3.05) is 38.6 Å². The van der Waals surface area contributed by atoms with Crippen LogP contribution in [0.5, 0.6) is 23.0 Å². The fourth-order valence-corrected chi connectivity index (χ4v) is 3.34. The lowest BCUT2D eigenvalue weighted by Gasteiger charge is -2.15. The summed E-state index contributed by atoms with van der Waals surface area (Å²) in [6.45, 7) is 2.45. The van der Waals surface area contributed by atoms with Crippen LogP contribution in [0.4, 0.5) is 11.4 Å². The number of carbonyl (C=O) groups is 2. The first-order valence-corrected chi connectivity index (χ1v) is 10.7. The van der Waals surface area contributed by atoms with Crippen LogP contribution in [0.25, 0.3) is 0 Å². The maximum absolute atomic E-state index is 12.9. The van der Waals surface area contributed by atoms with Crippen LogP contribution in [0.15, 0.2) is 54.6 Å². The van der Waals surface area contributed by atoms with Crippen molar-refractivity contribution in [3.8, 4) is 23.0 Å². The predicted molar refractivity (Wildman–Crippen MR) is 131 cm³/mol. The molecular weight excluding hydrogens is 460 g/mol. The lowest BCUT2D eigenvalue weighted by Crippen LogP contribution is -2.15. The van der Waals surface area contributed by atoms with E-state index in [2.05, 4.69) is 10.6 Å². The number of hydrogen-bond donors (Lipinski definition) is 2. The van der Waals surface area contributed by atoms with E-state index < -0.39 is 5.91 Å². The number of ether oxygens (including phenoxy) is 4. The standard InChI is InChI=1S/C25H25ClN2O6/c1-5-34-18-9-7-17(8-10-18)27-24(29)15-6-11-19(26)20(12-15)28-25(30)16-13-21(31-2)23(33-4)22(14-16)32-3/h6-14H,5H2,1-4H3,(H,27,29)(H,28,30). The molecular formula is C25H25ClN2O6. The molecule has 0 atom stereocenters. The molecule has 0 aliphatic carbocycles. The van der Waals surface area contributed by atoms with E-state index in [4.69, 9.17) is 30.5 Å². The molecule has 9 heteroatoms. The molecule has 2 amide bonds. The summed E-state index contributed by atoms with van der Waals surface area (Å²) >= 11 is 6.27. The van der Waals surface area contributed by atoms with E-state index in [9.17, 15) is 9.59 Å². The quantitative estimate of drug-likeness (QED) is 0.429. The summed E-state index contributed by atoms with van der Waals surface area (Å²) in [5.41, 5.74) is 1.46. The summed E-state index contributed by atoms with van der Waals surface area (Å²) in [5.74, 6) is 0.925. The zero-order valence-corrected chi connectivity index (χ0v) is 20.0. The van der Waals surface area contributed by atoms with Gasteiger partial charge in [-0.25, -0.2) is 0 Å². The van der Waals surface area contributed by atoms with Crippen LogP contribution in [0.3, 0.4) is 0 Å². The second-order valence-electron chi connectivity index (χ2n) is 6.97. The van der Waals surface area contributed by atoms with Gasteiger partial charge in [-0.1, -0.05) is 11.6 Å². The van der Waals surface area contributed by atoms with Crippen molar-refractivity contribution in [1.82, 2.24) is 0 Å². The average Bonchev–Trinajstić information content (AvgIpc) is 2.85. The number of nitrogens with one attached hydrogen (secondary N) is 2. The molecule has 0 unspecified atom stereocenters. The Hall–Kier alpha value is -3.91. The zero-order valence-electron chi connectivity index (χ0n) is 19.2. The van der Waals surface area contributed by atoms with Crippen molar-refractivity contribution in [2.24, 2.45) is 0 Å². The van der Waals surface area contributed by atoms with Gasteiger partial charge in [0.2, 0.25) is 5.75 Å². The largest absolute Gasteiger partial charge is 0.494 e. The fourth-order valence-electron chi connectivity index (χ4n) is 3.17. The molecule has 2 N–H and O–H groups in total. The lowest BCUT2D eigenvalue weighted by atomic mass is 10.1. The van der Waals surface area contributed by atoms with Crippen LogP contribution < -0.4 is 29.6 Å². The Balaban J connectivity index is 1.79. The van der Waals surface area contributed by atoms with Crippen molar-refractivity contribution in [1.29, 1.82) is 0 Å². The second-order valence-corrected chi connectivity index (χ2v) is 7.38. The van der Waals surface area contributed by atoms with Crippen molar-refractivity contribution in [3.63, 3.8) is 0 Å². The minimum absolute atomic E-state index is 0.259. The second kappa shape index (κ2) is 11.3. The number of carbonyl (C=O) groups excluding carboxylic acids is 2. The summed E-state index contributed by atoms with van der Waals surface area (Å²) < 4.78 is 21.3. The Kier molecular flexibility index (Phi) is 8.21. The number of rotatable bonds is 9. The normalized spacial score (nSPS) is 10.3. The third-order valence-electron chi connectivity index (χ3n) is 4.83. The Morgan fingerprint density at radius 3 is 1.97 bits per heavy atom. The van der Waals surface area contributed by atoms with E-state index >= 15 is 0 Å². The van der Waals surface area contributed by atoms with Crippen molar-refractivity contribution >= 4 is 34.8 Å². The molecule has 0 aromatic heterocycles. The third-order valence-corrected chi connectivity index (χ3v) is 5.16. The van der Waals surface area contributed by atoms with Crippen LogP contribution in [0, 0.1) is 0 Å². The van der Waals surface area contributed by atoms with Crippen molar-refractivity contribution in [2.45, 2.75) is 6.92 Å². The van der Waals surface area contributed by atoms with Gasteiger partial charge in [-0.15, -0.1) is 0 Å². The Morgan fingerprint density at radius 2 is 1.41 bits per heavy atom. The number of methoxy groups -OCH3 is 3. The molecule has 3 aromatic carbocycles. The summed E-state index contributed by atoms with van der Waals surface area (Å²) in [6, 6.07) is 14.7. The van der Waals surface area contributed by atoms with Crippen LogP contribution in [0.2, 0.25) is 5.02 Å². The molecule has 3 aromatic rings. The van der Waals surface area contributed by atoms with E-state index in [1.54, 1.807) is 36.4 Å². The number of amides is 2. The van der Waals surface area contributed by atoms with E-state index in [0.29, 0.717) is 40.9 Å². The maximum Gasteiger partial charge on any atom is 0.255 e. The molecule has 178 valence electrons. The number of hydrogen-bond acceptors (Lipinski definition) is 6. The summed E-state index contributed by atoms with van der Waals surface area (Å²) in [7, 11) is 4.40. The molecule has 0 aliphatic rings. The zero-order chi connectivity index (χ0) is 24.7. The van der Waals surface area contributed by atoms with E-state index in [0.717, 1.165) is 0 Å². The highest BCUT2D eigenvalue weighted by Gasteiger charge is 2.18. The Morgan fingerprint density at radius 1 is 0.794 bits per heavy atom. The van der Waals surface area contributed by atoms with Gasteiger partial charge in [-0.3, -0.25) is 9.59 Å². The first kappa shape index (κ1) is 24.7. The van der Waals surface area contributed by atoms with Gasteiger partial charge in [-0.05, 0) is 61.5 Å². The Bertz CT molecular complexity index is 1160. The van der Waals surface area contributed by atoms with E-state index in [1.165, 1.54) is 39.5 Å². The van der Waals surface area contributed by atoms with Gasteiger partial charge < -0.3 is 29.6 Å². The highest BCUT2D eigenvalue weighted by molar-refractivity contribution is 6.34. The van der Waals surface area contributed by atoms with Crippen molar-refractivity contribution < 1.29 is 28.5 Å².